The molecule has 0 fully saturated rings. The zero-order valence-corrected chi connectivity index (χ0v) is 32.7. The molecule has 11 aromatic rings. The second-order valence-electron chi connectivity index (χ2n) is 15.1. The maximum atomic E-state index is 6.99. The van der Waals surface area contributed by atoms with E-state index in [0.717, 1.165) is 72.7 Å². The third kappa shape index (κ3) is 5.62. The number of aliphatic imine (C=N–C) groups is 1. The van der Waals surface area contributed by atoms with E-state index in [9.17, 15) is 0 Å². The number of nitrogens with one attached hydrogen (secondary N) is 1. The van der Waals surface area contributed by atoms with E-state index in [1.807, 2.05) is 17.4 Å². The molecule has 1 unspecified atom stereocenters. The van der Waals surface area contributed by atoms with E-state index in [-0.39, 0.29) is 6.17 Å². The summed E-state index contributed by atoms with van der Waals surface area (Å²) < 4.78 is 9.52. The summed E-state index contributed by atoms with van der Waals surface area (Å²) >= 11 is 1.83. The molecule has 59 heavy (non-hydrogen) atoms. The number of nitrogens with zero attached hydrogens (tertiary/aromatic N) is 2. The van der Waals surface area contributed by atoms with E-state index < -0.39 is 0 Å². The molecule has 0 saturated carbocycles. The van der Waals surface area contributed by atoms with Crippen LogP contribution in [0.3, 0.4) is 0 Å². The molecule has 1 aliphatic rings. The Bertz CT molecular complexity index is 3450. The number of thiophene rings is 1. The highest BCUT2D eigenvalue weighted by Gasteiger charge is 2.28. The average molecular weight is 774 g/mol. The molecule has 9 aromatic carbocycles. The molecule has 2 aromatic heterocycles. The van der Waals surface area contributed by atoms with Gasteiger partial charge in [-0.1, -0.05) is 146 Å². The summed E-state index contributed by atoms with van der Waals surface area (Å²) in [7, 11) is 0. The fraction of sp³-hybridized carbons (Fsp3) is 0.0185. The summed E-state index contributed by atoms with van der Waals surface area (Å²) in [5.74, 6) is 0. The van der Waals surface area contributed by atoms with Gasteiger partial charge in [-0.2, -0.15) is 0 Å². The topological polar surface area (TPSA) is 40.8 Å². The minimum atomic E-state index is -0.373. The number of hydrogen-bond donors (Lipinski definition) is 1. The Morgan fingerprint density at radius 2 is 1.22 bits per heavy atom. The molecular weight excluding hydrogens is 739 g/mol. The highest BCUT2D eigenvalue weighted by atomic mass is 32.1. The van der Waals surface area contributed by atoms with Gasteiger partial charge in [-0.25, -0.2) is 0 Å². The van der Waals surface area contributed by atoms with Gasteiger partial charge in [-0.15, -0.1) is 11.3 Å². The molecule has 0 radical (unpaired) electrons. The standard InChI is InChI=1S/C54H35N3OS/c1-2-13-34(14-3-1)36-17-12-18-38(31-36)52-43-20-6-9-22-46(43)55-54(56-52)45-29-30-47(53-51(45)44-21-7-10-23-48(44)58-53)57(39-26-25-35-15-4-5-16-37(35)32-39)40-27-28-42-41-19-8-11-24-49(41)59-50(42)33-40/h1-33,54-55H. The molecule has 0 spiro atoms. The lowest BCUT2D eigenvalue weighted by Crippen LogP contribution is -2.21. The van der Waals surface area contributed by atoms with Crippen molar-refractivity contribution >= 4 is 92.7 Å². The third-order valence-corrected chi connectivity index (χ3v) is 12.8. The van der Waals surface area contributed by atoms with Crippen molar-refractivity contribution in [2.45, 2.75) is 6.17 Å². The molecule has 1 atom stereocenters. The fourth-order valence-electron chi connectivity index (χ4n) is 8.89. The van der Waals surface area contributed by atoms with Gasteiger partial charge < -0.3 is 14.6 Å². The van der Waals surface area contributed by atoms with Crippen molar-refractivity contribution in [3.05, 3.63) is 217 Å². The minimum Gasteiger partial charge on any atom is -0.454 e. The van der Waals surface area contributed by atoms with Crippen LogP contribution in [0.5, 0.6) is 0 Å². The first-order chi connectivity index (χ1) is 29.2. The Kier molecular flexibility index (Phi) is 7.75. The lowest BCUT2D eigenvalue weighted by molar-refractivity contribution is 0.668. The number of hydrogen-bond acceptors (Lipinski definition) is 5. The van der Waals surface area contributed by atoms with Crippen LogP contribution in [0.1, 0.15) is 22.9 Å². The van der Waals surface area contributed by atoms with Gasteiger partial charge in [0.2, 0.25) is 0 Å². The van der Waals surface area contributed by atoms with Crippen molar-refractivity contribution in [1.29, 1.82) is 0 Å². The van der Waals surface area contributed by atoms with Gasteiger partial charge >= 0.3 is 0 Å². The molecule has 0 amide bonds. The van der Waals surface area contributed by atoms with Crippen molar-refractivity contribution < 1.29 is 4.42 Å². The second-order valence-corrected chi connectivity index (χ2v) is 16.2. The normalized spacial score (nSPS) is 13.8. The van der Waals surface area contributed by atoms with Gasteiger partial charge in [0, 0.05) is 64.7 Å². The van der Waals surface area contributed by atoms with Gasteiger partial charge in [-0.05, 0) is 76.5 Å². The minimum absolute atomic E-state index is 0.373. The van der Waals surface area contributed by atoms with E-state index in [4.69, 9.17) is 9.41 Å². The van der Waals surface area contributed by atoms with Gasteiger partial charge in [0.1, 0.15) is 11.7 Å². The molecule has 0 saturated heterocycles. The highest BCUT2D eigenvalue weighted by molar-refractivity contribution is 7.25. The molecule has 278 valence electrons. The molecule has 4 nitrogen and oxygen atoms in total. The molecular formula is C54H35N3OS. The first-order valence-electron chi connectivity index (χ1n) is 20.0. The third-order valence-electron chi connectivity index (χ3n) is 11.7. The monoisotopic (exact) mass is 773 g/mol. The van der Waals surface area contributed by atoms with Crippen molar-refractivity contribution in [1.82, 2.24) is 0 Å². The summed E-state index contributed by atoms with van der Waals surface area (Å²) in [6.07, 6.45) is -0.373. The Morgan fingerprint density at radius 3 is 2.15 bits per heavy atom. The highest BCUT2D eigenvalue weighted by Crippen LogP contribution is 2.48. The van der Waals surface area contributed by atoms with Crippen molar-refractivity contribution in [2.24, 2.45) is 4.99 Å². The number of benzene rings is 9. The zero-order valence-electron chi connectivity index (χ0n) is 31.8. The SMILES string of the molecule is c1ccc(-c2cccc(C3=NC(c4ccc(N(c5ccc6ccccc6c5)c5ccc6c(c5)sc5ccccc56)c5oc6ccccc6c45)Nc4ccccc43)c2)cc1. The van der Waals surface area contributed by atoms with Crippen LogP contribution < -0.4 is 10.2 Å². The molecule has 12 rings (SSSR count). The molecule has 1 N–H and O–H groups in total. The van der Waals surface area contributed by atoms with E-state index >= 15 is 0 Å². The van der Waals surface area contributed by atoms with E-state index in [2.05, 4.69) is 204 Å². The van der Waals surface area contributed by atoms with Gasteiger partial charge in [0.15, 0.2) is 5.58 Å². The Labute approximate surface area is 344 Å². The van der Waals surface area contributed by atoms with Gasteiger partial charge in [0.25, 0.3) is 0 Å². The van der Waals surface area contributed by atoms with Crippen molar-refractivity contribution in [3.63, 3.8) is 0 Å². The average Bonchev–Trinajstić information content (AvgIpc) is 3.88. The second kappa shape index (κ2) is 13.6. The van der Waals surface area contributed by atoms with Gasteiger partial charge in [0.05, 0.1) is 11.4 Å². The van der Waals surface area contributed by atoms with Crippen LogP contribution in [0.25, 0.3) is 64.0 Å². The maximum absolute atomic E-state index is 6.99. The van der Waals surface area contributed by atoms with E-state index in [0.29, 0.717) is 0 Å². The quantitative estimate of drug-likeness (QED) is 0.183. The molecule has 0 aliphatic carbocycles. The summed E-state index contributed by atoms with van der Waals surface area (Å²) in [6.45, 7) is 0. The van der Waals surface area contributed by atoms with Crippen LogP contribution in [-0.2, 0) is 0 Å². The first kappa shape index (κ1) is 33.6. The lowest BCUT2D eigenvalue weighted by Gasteiger charge is -2.29. The molecule has 5 heteroatoms. The van der Waals surface area contributed by atoms with Crippen LogP contribution in [0.4, 0.5) is 22.7 Å². The van der Waals surface area contributed by atoms with E-state index in [1.54, 1.807) is 0 Å². The summed E-state index contributed by atoms with van der Waals surface area (Å²) in [4.78, 5) is 7.93. The number of para-hydroxylation sites is 2. The maximum Gasteiger partial charge on any atom is 0.159 e. The summed E-state index contributed by atoms with van der Waals surface area (Å²) in [5, 5.41) is 10.9. The summed E-state index contributed by atoms with van der Waals surface area (Å²) in [5.41, 5.74) is 12.3. The fourth-order valence-corrected chi connectivity index (χ4v) is 10.0. The Balaban J connectivity index is 1.07. The summed E-state index contributed by atoms with van der Waals surface area (Å²) in [6, 6.07) is 71.4. The van der Waals surface area contributed by atoms with Crippen LogP contribution in [-0.4, -0.2) is 5.71 Å². The van der Waals surface area contributed by atoms with E-state index in [1.165, 1.54) is 36.5 Å². The Hall–Kier alpha value is -7.47. The first-order valence-corrected chi connectivity index (χ1v) is 20.8. The van der Waals surface area contributed by atoms with Crippen molar-refractivity contribution in [2.75, 3.05) is 10.2 Å². The lowest BCUT2D eigenvalue weighted by atomic mass is 9.94. The van der Waals surface area contributed by atoms with Gasteiger partial charge in [-0.3, -0.25) is 4.99 Å². The predicted molar refractivity (Wildman–Crippen MR) is 249 cm³/mol. The molecule has 1 aliphatic heterocycles. The molecule has 3 heterocycles. The van der Waals surface area contributed by atoms with Crippen LogP contribution >= 0.6 is 11.3 Å². The number of furan rings is 1. The van der Waals surface area contributed by atoms with Crippen LogP contribution in [0, 0.1) is 0 Å². The number of rotatable bonds is 6. The van der Waals surface area contributed by atoms with Crippen LogP contribution in [0.2, 0.25) is 0 Å². The Morgan fingerprint density at radius 1 is 0.508 bits per heavy atom. The number of anilines is 4. The number of fused-ring (bicyclic) bond motifs is 8. The van der Waals surface area contributed by atoms with Crippen molar-refractivity contribution in [3.8, 4) is 11.1 Å². The predicted octanol–water partition coefficient (Wildman–Crippen LogP) is 15.2. The van der Waals surface area contributed by atoms with Crippen LogP contribution in [0.15, 0.2) is 210 Å². The molecule has 0 bridgehead atoms. The smallest absolute Gasteiger partial charge is 0.159 e. The zero-order chi connectivity index (χ0) is 38.9. The largest absolute Gasteiger partial charge is 0.454 e.